The van der Waals surface area contributed by atoms with E-state index in [4.69, 9.17) is 9.72 Å². The number of nitrogens with zero attached hydrogens (tertiary/aromatic N) is 6. The Morgan fingerprint density at radius 3 is 2.49 bits per heavy atom. The van der Waals surface area contributed by atoms with Gasteiger partial charge in [-0.1, -0.05) is 59.9 Å². The number of carboxylic acids is 1. The Hall–Kier alpha value is -7.50. The highest BCUT2D eigenvalue weighted by molar-refractivity contribution is 7.22. The molecule has 6 heterocycles. The van der Waals surface area contributed by atoms with Crippen LogP contribution < -0.4 is 25.6 Å². The lowest BCUT2D eigenvalue weighted by atomic mass is 9.91. The maximum Gasteiger partial charge on any atom is 0.355 e. The zero-order chi connectivity index (χ0) is 49.3. The van der Waals surface area contributed by atoms with Gasteiger partial charge in [0.15, 0.2) is 10.8 Å². The molecule has 7 aromatic rings. The van der Waals surface area contributed by atoms with E-state index in [0.29, 0.717) is 71.1 Å². The number of carbonyl (C=O) groups excluding carboxylic acids is 4. The van der Waals surface area contributed by atoms with Gasteiger partial charge in [-0.2, -0.15) is 5.10 Å². The van der Waals surface area contributed by atoms with E-state index in [1.165, 1.54) is 11.3 Å². The van der Waals surface area contributed by atoms with Gasteiger partial charge in [0.2, 0.25) is 17.7 Å². The van der Waals surface area contributed by atoms with Crippen molar-refractivity contribution in [2.24, 2.45) is 13.0 Å². The summed E-state index contributed by atoms with van der Waals surface area (Å²) >= 11 is 1.43. The van der Waals surface area contributed by atoms with E-state index in [1.54, 1.807) is 11.7 Å². The maximum absolute atomic E-state index is 13.7. The molecule has 71 heavy (non-hydrogen) atoms. The second kappa shape index (κ2) is 20.1. The summed E-state index contributed by atoms with van der Waals surface area (Å²) in [6, 6.07) is 28.5. The maximum atomic E-state index is 13.7. The van der Waals surface area contributed by atoms with Crippen molar-refractivity contribution in [1.82, 2.24) is 30.0 Å². The highest BCUT2D eigenvalue weighted by atomic mass is 32.1. The minimum Gasteiger partial charge on any atom is -0.490 e. The molecular weight excluding hydrogens is 919 g/mol. The summed E-state index contributed by atoms with van der Waals surface area (Å²) in [5.41, 5.74) is 7.29. The highest BCUT2D eigenvalue weighted by Gasteiger charge is 2.33. The number of rotatable bonds is 14. The molecule has 0 spiro atoms. The first-order valence-electron chi connectivity index (χ1n) is 24.2. The number of piperidine rings is 2. The molecule has 0 bridgehead atoms. The fourth-order valence-electron chi connectivity index (χ4n) is 10.4. The molecule has 2 saturated heterocycles. The van der Waals surface area contributed by atoms with E-state index in [0.717, 1.165) is 82.1 Å². The Labute approximate surface area is 414 Å². The number of anilines is 3. The molecule has 0 saturated carbocycles. The first kappa shape index (κ1) is 47.2. The van der Waals surface area contributed by atoms with E-state index < -0.39 is 11.9 Å². The number of imide groups is 1. The number of aromatic nitrogens is 4. The van der Waals surface area contributed by atoms with E-state index in [9.17, 15) is 29.1 Å². The van der Waals surface area contributed by atoms with Gasteiger partial charge >= 0.3 is 5.97 Å². The van der Waals surface area contributed by atoms with Crippen molar-refractivity contribution in [3.05, 3.63) is 125 Å². The summed E-state index contributed by atoms with van der Waals surface area (Å²) in [6.07, 6.45) is 4.98. The number of nitrogens with one attached hydrogen (secondary N) is 3. The molecule has 2 atom stereocenters. The van der Waals surface area contributed by atoms with E-state index >= 15 is 0 Å². The Morgan fingerprint density at radius 1 is 0.887 bits per heavy atom. The Bertz CT molecular complexity index is 3200. The van der Waals surface area contributed by atoms with Gasteiger partial charge in [0.05, 0.1) is 45.7 Å². The summed E-state index contributed by atoms with van der Waals surface area (Å²) < 4.78 is 9.21. The standard InChI is InChI=1S/C54H55N9O7S/c1-31(17-18-33-23-26-62(27-24-33)30-47(65)55-42-14-7-12-38-48(60-61(3)50(38)42)39-20-22-46(64)58-52(39)67)70-43-15-8-10-35(32(43)2)36-19-21-45(57-49(36)53(68)69)63-28-25-34-9-6-11-37(40(34)29-63)51(66)59-54-56-41-13-4-5-16-44(41)71-54/h4-16,19,21,31,33,39H,17-18,20,22-30H2,1-3H3,(H,55,65)(H,68,69)(H,56,59,66)(H,58,64,67)/t31-,39?/m1/s1. The van der Waals surface area contributed by atoms with Crippen LogP contribution in [0.15, 0.2) is 91.0 Å². The normalized spacial score (nSPS) is 16.9. The van der Waals surface area contributed by atoms with Crippen LogP contribution >= 0.6 is 11.3 Å². The molecule has 0 aliphatic carbocycles. The summed E-state index contributed by atoms with van der Waals surface area (Å²) in [5, 5.41) is 25.0. The Morgan fingerprint density at radius 2 is 1.69 bits per heavy atom. The molecule has 4 amide bonds. The van der Waals surface area contributed by atoms with Gasteiger partial charge in [-0.25, -0.2) is 14.8 Å². The first-order valence-corrected chi connectivity index (χ1v) is 25.0. The molecular formula is C54H55N9O7S. The van der Waals surface area contributed by atoms with Crippen LogP contribution in [0.3, 0.4) is 0 Å². The molecule has 364 valence electrons. The molecule has 2 fully saturated rings. The van der Waals surface area contributed by atoms with Crippen molar-refractivity contribution in [1.29, 1.82) is 0 Å². The number of likely N-dealkylation sites (tertiary alicyclic amines) is 1. The van der Waals surface area contributed by atoms with Gasteiger partial charge in [-0.05, 0) is 136 Å². The molecule has 0 radical (unpaired) electrons. The molecule has 10 rings (SSSR count). The van der Waals surface area contributed by atoms with Gasteiger partial charge in [0.25, 0.3) is 5.91 Å². The van der Waals surface area contributed by atoms with Crippen molar-refractivity contribution in [3.63, 3.8) is 0 Å². The van der Waals surface area contributed by atoms with Gasteiger partial charge in [-0.15, -0.1) is 0 Å². The number of amides is 4. The average Bonchev–Trinajstić information content (AvgIpc) is 3.94. The fourth-order valence-corrected chi connectivity index (χ4v) is 11.2. The van der Waals surface area contributed by atoms with Crippen molar-refractivity contribution < 1.29 is 33.8 Å². The number of ether oxygens (including phenoxy) is 1. The quantitative estimate of drug-likeness (QED) is 0.0759. The van der Waals surface area contributed by atoms with E-state index in [1.807, 2.05) is 103 Å². The molecule has 3 aromatic heterocycles. The number of hydrogen-bond donors (Lipinski definition) is 4. The molecule has 4 aromatic carbocycles. The van der Waals surface area contributed by atoms with Crippen molar-refractivity contribution in [2.75, 3.05) is 41.7 Å². The lowest BCUT2D eigenvalue weighted by Crippen LogP contribution is -2.39. The summed E-state index contributed by atoms with van der Waals surface area (Å²) in [6.45, 7) is 6.88. The van der Waals surface area contributed by atoms with E-state index in [2.05, 4.69) is 37.9 Å². The lowest BCUT2D eigenvalue weighted by molar-refractivity contribution is -0.134. The van der Waals surface area contributed by atoms with Crippen LogP contribution in [0, 0.1) is 12.8 Å². The lowest BCUT2D eigenvalue weighted by Gasteiger charge is -2.32. The SMILES string of the molecule is Cc1c(O[C@H](C)CCC2CCN(CC(=O)Nc3cccc4c(C5CCC(=O)NC5=O)nn(C)c34)CC2)cccc1-c1ccc(N2CCc3cccc(C(=O)Nc4nc5ccccc5s4)c3C2)nc1C(=O)O. The molecule has 3 aliphatic rings. The monoisotopic (exact) mass is 973 g/mol. The number of thiazole rings is 1. The number of carbonyl (C=O) groups is 5. The van der Waals surface area contributed by atoms with Crippen molar-refractivity contribution >= 4 is 78.7 Å². The summed E-state index contributed by atoms with van der Waals surface area (Å²) in [4.78, 5) is 77.8. The number of benzene rings is 4. The van der Waals surface area contributed by atoms with Gasteiger partial charge in [0.1, 0.15) is 11.6 Å². The minimum atomic E-state index is -1.13. The third kappa shape index (κ3) is 9.97. The smallest absolute Gasteiger partial charge is 0.355 e. The van der Waals surface area contributed by atoms with Gasteiger partial charge in [0, 0.05) is 43.1 Å². The third-order valence-corrected chi connectivity index (χ3v) is 15.1. The highest BCUT2D eigenvalue weighted by Crippen LogP contribution is 2.37. The van der Waals surface area contributed by atoms with Crippen molar-refractivity contribution in [2.45, 2.75) is 77.4 Å². The Balaban J connectivity index is 0.731. The zero-order valence-electron chi connectivity index (χ0n) is 39.9. The van der Waals surface area contributed by atoms with E-state index in [-0.39, 0.29) is 48.4 Å². The molecule has 1 unspecified atom stereocenters. The first-order chi connectivity index (χ1) is 34.4. The van der Waals surface area contributed by atoms with Crippen LogP contribution in [0.4, 0.5) is 16.6 Å². The number of hydrogen-bond acceptors (Lipinski definition) is 12. The summed E-state index contributed by atoms with van der Waals surface area (Å²) in [7, 11) is 1.79. The van der Waals surface area contributed by atoms with Gasteiger partial charge in [-0.3, -0.25) is 39.4 Å². The fraction of sp³-hybridized carbons (Fsp3) is 0.333. The second-order valence-corrected chi connectivity index (χ2v) is 19.9. The van der Waals surface area contributed by atoms with Crippen LogP contribution in [-0.2, 0) is 34.4 Å². The number of aromatic carboxylic acids is 1. The van der Waals surface area contributed by atoms with Crippen LogP contribution in [0.2, 0.25) is 0 Å². The molecule has 17 heteroatoms. The largest absolute Gasteiger partial charge is 0.490 e. The Kier molecular flexibility index (Phi) is 13.3. The number of aryl methyl sites for hydroxylation is 1. The van der Waals surface area contributed by atoms with Crippen LogP contribution in [0.25, 0.3) is 32.2 Å². The molecule has 16 nitrogen and oxygen atoms in total. The second-order valence-electron chi connectivity index (χ2n) is 18.8. The number of fused-ring (bicyclic) bond motifs is 3. The minimum absolute atomic E-state index is 0.0568. The number of carboxylic acid groups (broad SMARTS) is 1. The average molecular weight is 974 g/mol. The van der Waals surface area contributed by atoms with Crippen molar-refractivity contribution in [3.8, 4) is 16.9 Å². The number of para-hydroxylation sites is 2. The van der Waals surface area contributed by atoms with Crippen LogP contribution in [0.5, 0.6) is 5.75 Å². The summed E-state index contributed by atoms with van der Waals surface area (Å²) in [5.74, 6) is -0.944. The zero-order valence-corrected chi connectivity index (χ0v) is 40.7. The molecule has 3 aliphatic heterocycles. The van der Waals surface area contributed by atoms with Crippen LogP contribution in [0.1, 0.15) is 94.6 Å². The number of pyridine rings is 1. The van der Waals surface area contributed by atoms with Gasteiger partial charge < -0.3 is 20.1 Å². The predicted molar refractivity (Wildman–Crippen MR) is 273 cm³/mol. The van der Waals surface area contributed by atoms with Crippen LogP contribution in [-0.4, -0.2) is 91.6 Å². The third-order valence-electron chi connectivity index (χ3n) is 14.1. The topological polar surface area (TPSA) is 201 Å². The molecule has 4 N–H and O–H groups in total. The predicted octanol–water partition coefficient (Wildman–Crippen LogP) is 8.49.